The number of Topliss-reactive ketones (excluding diaryl/α,β-unsaturated/α-hetero) is 1. The number of pyridine rings is 1. The molecule has 0 bridgehead atoms. The molecule has 7 nitrogen and oxygen atoms in total. The third kappa shape index (κ3) is 3.93. The number of imidazole rings is 1. The number of ketones is 1. The normalized spacial score (nSPS) is 15.1. The third-order valence-electron chi connectivity index (χ3n) is 5.06. The van der Waals surface area contributed by atoms with Crippen LogP contribution in [0.15, 0.2) is 24.5 Å². The number of nitrogens with one attached hydrogen (secondary N) is 2. The SMILES string of the molecule is CNC(=O)[C@@H](CC(=O)c1nc(-c2cccnc2)n2c1CNCC2)C(C)(C)C. The Morgan fingerprint density at radius 1 is 1.37 bits per heavy atom. The smallest absolute Gasteiger partial charge is 0.223 e. The van der Waals surface area contributed by atoms with Crippen molar-refractivity contribution < 1.29 is 9.59 Å². The summed E-state index contributed by atoms with van der Waals surface area (Å²) in [6.07, 6.45) is 3.61. The molecule has 1 aliphatic rings. The molecule has 2 aromatic heterocycles. The van der Waals surface area contributed by atoms with Crippen LogP contribution in [0.1, 0.15) is 43.4 Å². The molecule has 0 aromatic carbocycles. The van der Waals surface area contributed by atoms with Gasteiger partial charge in [0.1, 0.15) is 11.5 Å². The topological polar surface area (TPSA) is 88.9 Å². The van der Waals surface area contributed by atoms with Crippen molar-refractivity contribution >= 4 is 11.7 Å². The Labute approximate surface area is 159 Å². The molecule has 144 valence electrons. The maximum atomic E-state index is 13.1. The zero-order valence-electron chi connectivity index (χ0n) is 16.4. The van der Waals surface area contributed by atoms with E-state index in [0.29, 0.717) is 12.2 Å². The van der Waals surface area contributed by atoms with Gasteiger partial charge >= 0.3 is 0 Å². The summed E-state index contributed by atoms with van der Waals surface area (Å²) in [5.74, 6) is 0.136. The van der Waals surface area contributed by atoms with Crippen LogP contribution in [-0.4, -0.2) is 39.8 Å². The summed E-state index contributed by atoms with van der Waals surface area (Å²) in [6, 6.07) is 3.81. The zero-order valence-corrected chi connectivity index (χ0v) is 16.4. The highest BCUT2D eigenvalue weighted by Gasteiger charge is 2.35. The molecule has 2 aromatic rings. The minimum absolute atomic E-state index is 0.0962. The summed E-state index contributed by atoms with van der Waals surface area (Å²) >= 11 is 0. The number of carbonyl (C=O) groups excluding carboxylic acids is 2. The first-order chi connectivity index (χ1) is 12.8. The van der Waals surface area contributed by atoms with E-state index in [4.69, 9.17) is 0 Å². The van der Waals surface area contributed by atoms with Crippen molar-refractivity contribution in [3.05, 3.63) is 35.9 Å². The molecule has 1 atom stereocenters. The molecule has 7 heteroatoms. The van der Waals surface area contributed by atoms with Gasteiger partial charge in [0, 0.05) is 51.1 Å². The Kier molecular flexibility index (Phi) is 5.41. The molecule has 3 heterocycles. The monoisotopic (exact) mass is 369 g/mol. The van der Waals surface area contributed by atoms with Crippen LogP contribution >= 0.6 is 0 Å². The van der Waals surface area contributed by atoms with Crippen molar-refractivity contribution in [3.8, 4) is 11.4 Å². The van der Waals surface area contributed by atoms with Crippen LogP contribution in [-0.2, 0) is 17.9 Å². The lowest BCUT2D eigenvalue weighted by atomic mass is 9.77. The fourth-order valence-corrected chi connectivity index (χ4v) is 3.49. The van der Waals surface area contributed by atoms with Gasteiger partial charge in [-0.25, -0.2) is 4.98 Å². The van der Waals surface area contributed by atoms with E-state index < -0.39 is 5.92 Å². The number of hydrogen-bond acceptors (Lipinski definition) is 5. The number of hydrogen-bond donors (Lipinski definition) is 2. The number of fused-ring (bicyclic) bond motifs is 1. The van der Waals surface area contributed by atoms with E-state index in [1.54, 1.807) is 19.4 Å². The molecule has 1 amide bonds. The number of carbonyl (C=O) groups is 2. The van der Waals surface area contributed by atoms with Crippen LogP contribution in [0, 0.1) is 11.3 Å². The van der Waals surface area contributed by atoms with Gasteiger partial charge in [-0.15, -0.1) is 0 Å². The van der Waals surface area contributed by atoms with Crippen molar-refractivity contribution in [1.82, 2.24) is 25.2 Å². The molecule has 2 N–H and O–H groups in total. The summed E-state index contributed by atoms with van der Waals surface area (Å²) in [5.41, 5.74) is 1.91. The lowest BCUT2D eigenvalue weighted by Gasteiger charge is -2.28. The second kappa shape index (κ2) is 7.60. The van der Waals surface area contributed by atoms with E-state index in [9.17, 15) is 9.59 Å². The maximum absolute atomic E-state index is 13.1. The summed E-state index contributed by atoms with van der Waals surface area (Å²) in [4.78, 5) is 34.3. The summed E-state index contributed by atoms with van der Waals surface area (Å²) in [6.45, 7) is 8.10. The molecule has 0 fully saturated rings. The first kappa shape index (κ1) is 19.2. The highest BCUT2D eigenvalue weighted by atomic mass is 16.2. The third-order valence-corrected chi connectivity index (χ3v) is 5.06. The van der Waals surface area contributed by atoms with E-state index >= 15 is 0 Å². The number of rotatable bonds is 5. The minimum Gasteiger partial charge on any atom is -0.359 e. The summed E-state index contributed by atoms with van der Waals surface area (Å²) in [5, 5.41) is 5.99. The van der Waals surface area contributed by atoms with E-state index in [-0.39, 0.29) is 23.5 Å². The molecule has 0 unspecified atom stereocenters. The number of aromatic nitrogens is 3. The number of amides is 1. The molecular weight excluding hydrogens is 342 g/mol. The zero-order chi connectivity index (χ0) is 19.6. The Bertz CT molecular complexity index is 836. The van der Waals surface area contributed by atoms with Gasteiger partial charge in [0.2, 0.25) is 5.91 Å². The molecule has 0 saturated carbocycles. The second-order valence-electron chi connectivity index (χ2n) is 7.96. The predicted octanol–water partition coefficient (Wildman–Crippen LogP) is 2.03. The fourth-order valence-electron chi connectivity index (χ4n) is 3.49. The Hall–Kier alpha value is -2.54. The average molecular weight is 369 g/mol. The van der Waals surface area contributed by atoms with Crippen LogP contribution in [0.3, 0.4) is 0 Å². The fraction of sp³-hybridized carbons (Fsp3) is 0.500. The predicted molar refractivity (Wildman–Crippen MR) is 103 cm³/mol. The molecule has 0 aliphatic carbocycles. The van der Waals surface area contributed by atoms with E-state index in [2.05, 4.69) is 25.2 Å². The maximum Gasteiger partial charge on any atom is 0.223 e. The van der Waals surface area contributed by atoms with Crippen LogP contribution in [0.4, 0.5) is 0 Å². The van der Waals surface area contributed by atoms with Crippen LogP contribution < -0.4 is 10.6 Å². The van der Waals surface area contributed by atoms with E-state index in [1.165, 1.54) is 0 Å². The standard InChI is InChI=1S/C20H27N5O2/c1-20(2,3)14(19(27)21-4)10-16(26)17-15-12-23-8-9-25(15)18(24-17)13-6-5-7-22-11-13/h5-7,11,14,23H,8-10,12H2,1-4H3,(H,21,27)/t14-/m1/s1. The highest BCUT2D eigenvalue weighted by molar-refractivity contribution is 5.98. The molecule has 1 aliphatic heterocycles. The van der Waals surface area contributed by atoms with Gasteiger partial charge in [-0.3, -0.25) is 14.6 Å². The molecule has 0 spiro atoms. The largest absolute Gasteiger partial charge is 0.359 e. The Morgan fingerprint density at radius 3 is 2.78 bits per heavy atom. The van der Waals surface area contributed by atoms with Crippen LogP contribution in [0.25, 0.3) is 11.4 Å². The van der Waals surface area contributed by atoms with Gasteiger partial charge in [-0.2, -0.15) is 0 Å². The lowest BCUT2D eigenvalue weighted by Crippen LogP contribution is -2.38. The van der Waals surface area contributed by atoms with Crippen molar-refractivity contribution in [2.45, 2.75) is 40.3 Å². The first-order valence-electron chi connectivity index (χ1n) is 9.28. The second-order valence-corrected chi connectivity index (χ2v) is 7.96. The minimum atomic E-state index is -0.411. The Balaban J connectivity index is 1.98. The van der Waals surface area contributed by atoms with Gasteiger partial charge in [0.25, 0.3) is 0 Å². The molecule has 0 saturated heterocycles. The summed E-state index contributed by atoms with van der Waals surface area (Å²) in [7, 11) is 1.61. The van der Waals surface area contributed by atoms with E-state index in [0.717, 1.165) is 30.2 Å². The first-order valence-corrected chi connectivity index (χ1v) is 9.28. The van der Waals surface area contributed by atoms with Crippen molar-refractivity contribution in [2.75, 3.05) is 13.6 Å². The average Bonchev–Trinajstić information content (AvgIpc) is 3.05. The molecule has 3 rings (SSSR count). The Morgan fingerprint density at radius 2 is 2.15 bits per heavy atom. The van der Waals surface area contributed by atoms with Gasteiger partial charge < -0.3 is 15.2 Å². The highest BCUT2D eigenvalue weighted by Crippen LogP contribution is 2.31. The quantitative estimate of drug-likeness (QED) is 0.787. The molecular formula is C20H27N5O2. The molecule has 27 heavy (non-hydrogen) atoms. The van der Waals surface area contributed by atoms with Gasteiger partial charge in [0.05, 0.1) is 11.6 Å². The molecule has 0 radical (unpaired) electrons. The van der Waals surface area contributed by atoms with Crippen molar-refractivity contribution in [3.63, 3.8) is 0 Å². The number of nitrogens with zero attached hydrogens (tertiary/aromatic N) is 3. The van der Waals surface area contributed by atoms with Crippen LogP contribution in [0.2, 0.25) is 0 Å². The summed E-state index contributed by atoms with van der Waals surface area (Å²) < 4.78 is 2.09. The van der Waals surface area contributed by atoms with Crippen molar-refractivity contribution in [2.24, 2.45) is 11.3 Å². The van der Waals surface area contributed by atoms with Crippen molar-refractivity contribution in [1.29, 1.82) is 0 Å². The van der Waals surface area contributed by atoms with Gasteiger partial charge in [0.15, 0.2) is 5.78 Å². The lowest BCUT2D eigenvalue weighted by molar-refractivity contribution is -0.127. The van der Waals surface area contributed by atoms with E-state index in [1.807, 2.05) is 32.9 Å². The van der Waals surface area contributed by atoms with Gasteiger partial charge in [-0.1, -0.05) is 20.8 Å². The van der Waals surface area contributed by atoms with Crippen LogP contribution in [0.5, 0.6) is 0 Å². The van der Waals surface area contributed by atoms with Gasteiger partial charge in [-0.05, 0) is 17.5 Å².